The summed E-state index contributed by atoms with van der Waals surface area (Å²) in [6.45, 7) is 2.64. The highest BCUT2D eigenvalue weighted by Crippen LogP contribution is 2.09. The van der Waals surface area contributed by atoms with Crippen LogP contribution in [0.25, 0.3) is 0 Å². The van der Waals surface area contributed by atoms with E-state index in [1.165, 1.54) is 9.13 Å². The van der Waals surface area contributed by atoms with Crippen LogP contribution in [-0.2, 0) is 11.2 Å². The van der Waals surface area contributed by atoms with Gasteiger partial charge in [-0.15, -0.1) is 0 Å². The first-order valence-electron chi connectivity index (χ1n) is 5.77. The van der Waals surface area contributed by atoms with Crippen LogP contribution in [0.2, 0.25) is 0 Å². The van der Waals surface area contributed by atoms with Crippen LogP contribution in [-0.4, -0.2) is 23.7 Å². The van der Waals surface area contributed by atoms with Gasteiger partial charge in [0.15, 0.2) is 0 Å². The van der Waals surface area contributed by atoms with Crippen LogP contribution in [0.3, 0.4) is 0 Å². The second-order valence-electron chi connectivity index (χ2n) is 4.16. The summed E-state index contributed by atoms with van der Waals surface area (Å²) in [4.78, 5) is 10.4. The van der Waals surface area contributed by atoms with Crippen LogP contribution in [0.4, 0.5) is 0 Å². The standard InChI is InChI=1S/C13H18INO2/c1-10(15-9-8-13(16)17)2-3-11-4-6-12(14)7-5-11/h4-7,10,15H,2-3,8-9H2,1H3,(H,16,17). The van der Waals surface area contributed by atoms with Crippen molar-refractivity contribution in [2.24, 2.45) is 0 Å². The van der Waals surface area contributed by atoms with Gasteiger partial charge in [0.1, 0.15) is 0 Å². The third kappa shape index (κ3) is 6.63. The maximum absolute atomic E-state index is 10.4. The van der Waals surface area contributed by atoms with Gasteiger partial charge in [-0.05, 0) is 60.1 Å². The molecule has 2 N–H and O–H groups in total. The third-order valence-electron chi connectivity index (χ3n) is 2.61. The largest absolute Gasteiger partial charge is 0.481 e. The van der Waals surface area contributed by atoms with Gasteiger partial charge >= 0.3 is 5.97 Å². The number of halogens is 1. The van der Waals surface area contributed by atoms with E-state index in [1.54, 1.807) is 0 Å². The predicted molar refractivity (Wildman–Crippen MR) is 77.2 cm³/mol. The van der Waals surface area contributed by atoms with Crippen molar-refractivity contribution in [1.82, 2.24) is 5.32 Å². The van der Waals surface area contributed by atoms with Crippen molar-refractivity contribution in [3.8, 4) is 0 Å². The maximum Gasteiger partial charge on any atom is 0.304 e. The lowest BCUT2D eigenvalue weighted by atomic mass is 10.1. The molecule has 0 saturated carbocycles. The van der Waals surface area contributed by atoms with Crippen molar-refractivity contribution in [3.05, 3.63) is 33.4 Å². The summed E-state index contributed by atoms with van der Waals surface area (Å²) in [5, 5.41) is 11.7. The molecule has 1 atom stereocenters. The minimum atomic E-state index is -0.748. The summed E-state index contributed by atoms with van der Waals surface area (Å²) in [6, 6.07) is 8.86. The first-order valence-corrected chi connectivity index (χ1v) is 6.85. The Labute approximate surface area is 116 Å². The maximum atomic E-state index is 10.4. The van der Waals surface area contributed by atoms with Crippen molar-refractivity contribution in [3.63, 3.8) is 0 Å². The van der Waals surface area contributed by atoms with Crippen molar-refractivity contribution in [2.45, 2.75) is 32.2 Å². The monoisotopic (exact) mass is 347 g/mol. The Kier molecular flexibility index (Phi) is 6.50. The number of aliphatic carboxylic acids is 1. The molecule has 4 heteroatoms. The first kappa shape index (κ1) is 14.4. The van der Waals surface area contributed by atoms with Gasteiger partial charge in [0.05, 0.1) is 6.42 Å². The second-order valence-corrected chi connectivity index (χ2v) is 5.41. The van der Waals surface area contributed by atoms with E-state index in [9.17, 15) is 4.79 Å². The van der Waals surface area contributed by atoms with Gasteiger partial charge in [-0.2, -0.15) is 0 Å². The van der Waals surface area contributed by atoms with E-state index in [0.717, 1.165) is 12.8 Å². The number of carboxylic acid groups (broad SMARTS) is 1. The highest BCUT2D eigenvalue weighted by atomic mass is 127. The summed E-state index contributed by atoms with van der Waals surface area (Å²) in [5.41, 5.74) is 1.33. The number of carboxylic acids is 1. The van der Waals surface area contributed by atoms with Gasteiger partial charge in [0.2, 0.25) is 0 Å². The fourth-order valence-electron chi connectivity index (χ4n) is 1.56. The molecule has 3 nitrogen and oxygen atoms in total. The molecular weight excluding hydrogens is 329 g/mol. The summed E-state index contributed by atoms with van der Waals surface area (Å²) in [7, 11) is 0. The van der Waals surface area contributed by atoms with Crippen LogP contribution >= 0.6 is 22.6 Å². The van der Waals surface area contributed by atoms with Gasteiger partial charge in [0.25, 0.3) is 0 Å². The quantitative estimate of drug-likeness (QED) is 0.746. The molecule has 0 amide bonds. The molecule has 0 bridgehead atoms. The Morgan fingerprint density at radius 3 is 2.65 bits per heavy atom. The molecule has 0 saturated heterocycles. The Morgan fingerprint density at radius 1 is 1.41 bits per heavy atom. The Bertz CT molecular complexity index is 351. The molecule has 94 valence electrons. The smallest absolute Gasteiger partial charge is 0.304 e. The molecule has 0 radical (unpaired) electrons. The van der Waals surface area contributed by atoms with Gasteiger partial charge in [-0.25, -0.2) is 0 Å². The molecule has 17 heavy (non-hydrogen) atoms. The van der Waals surface area contributed by atoms with Crippen LogP contribution < -0.4 is 5.32 Å². The molecule has 0 spiro atoms. The Morgan fingerprint density at radius 2 is 2.06 bits per heavy atom. The molecule has 0 aliphatic heterocycles. The predicted octanol–water partition coefficient (Wildman–Crippen LogP) is 2.68. The van der Waals surface area contributed by atoms with Crippen LogP contribution in [0, 0.1) is 3.57 Å². The zero-order chi connectivity index (χ0) is 12.7. The van der Waals surface area contributed by atoms with E-state index in [0.29, 0.717) is 12.6 Å². The van der Waals surface area contributed by atoms with Crippen LogP contribution in [0.5, 0.6) is 0 Å². The van der Waals surface area contributed by atoms with Gasteiger partial charge in [-0.3, -0.25) is 4.79 Å². The minimum Gasteiger partial charge on any atom is -0.481 e. The third-order valence-corrected chi connectivity index (χ3v) is 3.33. The van der Waals surface area contributed by atoms with Crippen molar-refractivity contribution >= 4 is 28.6 Å². The average molecular weight is 347 g/mol. The highest BCUT2D eigenvalue weighted by Gasteiger charge is 2.03. The van der Waals surface area contributed by atoms with Crippen molar-refractivity contribution < 1.29 is 9.90 Å². The zero-order valence-corrected chi connectivity index (χ0v) is 12.1. The number of rotatable bonds is 7. The number of hydrogen-bond donors (Lipinski definition) is 2. The highest BCUT2D eigenvalue weighted by molar-refractivity contribution is 14.1. The number of aryl methyl sites for hydroxylation is 1. The van der Waals surface area contributed by atoms with E-state index in [1.807, 2.05) is 0 Å². The fraction of sp³-hybridized carbons (Fsp3) is 0.462. The van der Waals surface area contributed by atoms with Crippen LogP contribution in [0.15, 0.2) is 24.3 Å². The molecule has 0 aliphatic carbocycles. The van der Waals surface area contributed by atoms with E-state index in [4.69, 9.17) is 5.11 Å². The van der Waals surface area contributed by atoms with Crippen LogP contribution in [0.1, 0.15) is 25.3 Å². The minimum absolute atomic E-state index is 0.188. The average Bonchev–Trinajstić information content (AvgIpc) is 2.28. The lowest BCUT2D eigenvalue weighted by Gasteiger charge is -2.12. The molecule has 1 rings (SSSR count). The van der Waals surface area contributed by atoms with E-state index >= 15 is 0 Å². The molecule has 1 aromatic carbocycles. The Balaban J connectivity index is 2.21. The molecule has 0 aliphatic rings. The molecule has 1 aromatic rings. The first-order chi connectivity index (χ1) is 8.08. The van der Waals surface area contributed by atoms with E-state index in [2.05, 4.69) is 59.1 Å². The normalized spacial score (nSPS) is 12.4. The summed E-state index contributed by atoms with van der Waals surface area (Å²) >= 11 is 2.29. The molecular formula is C13H18INO2. The van der Waals surface area contributed by atoms with Crippen molar-refractivity contribution in [1.29, 1.82) is 0 Å². The van der Waals surface area contributed by atoms with Crippen molar-refractivity contribution in [2.75, 3.05) is 6.54 Å². The number of hydrogen-bond acceptors (Lipinski definition) is 2. The van der Waals surface area contributed by atoms with E-state index in [-0.39, 0.29) is 6.42 Å². The van der Waals surface area contributed by atoms with Gasteiger partial charge in [-0.1, -0.05) is 12.1 Å². The zero-order valence-electron chi connectivity index (χ0n) is 9.95. The number of benzene rings is 1. The summed E-state index contributed by atoms with van der Waals surface area (Å²) < 4.78 is 1.25. The summed E-state index contributed by atoms with van der Waals surface area (Å²) in [6.07, 6.45) is 2.24. The lowest BCUT2D eigenvalue weighted by molar-refractivity contribution is -0.136. The fourth-order valence-corrected chi connectivity index (χ4v) is 1.92. The van der Waals surface area contributed by atoms with E-state index < -0.39 is 5.97 Å². The lowest BCUT2D eigenvalue weighted by Crippen LogP contribution is -2.28. The molecule has 0 fully saturated rings. The topological polar surface area (TPSA) is 49.3 Å². The van der Waals surface area contributed by atoms with Gasteiger partial charge < -0.3 is 10.4 Å². The molecule has 0 heterocycles. The van der Waals surface area contributed by atoms with Gasteiger partial charge in [0, 0.05) is 16.2 Å². The summed E-state index contributed by atoms with van der Waals surface area (Å²) in [5.74, 6) is -0.748. The molecule has 1 unspecified atom stereocenters. The second kappa shape index (κ2) is 7.66. The number of carbonyl (C=O) groups is 1. The number of nitrogens with one attached hydrogen (secondary N) is 1. The SMILES string of the molecule is CC(CCc1ccc(I)cc1)NCCC(=O)O. The Hall–Kier alpha value is -0.620. The molecule has 0 aromatic heterocycles.